The molecule has 3 nitrogen and oxygen atoms in total. The molecule has 20 heavy (non-hydrogen) atoms. The van der Waals surface area contributed by atoms with Crippen molar-refractivity contribution in [2.24, 2.45) is 5.92 Å². The monoisotopic (exact) mass is 270 g/mol. The van der Waals surface area contributed by atoms with Crippen LogP contribution in [0.5, 0.6) is 0 Å². The molecular weight excluding hydrogens is 248 g/mol. The van der Waals surface area contributed by atoms with E-state index in [2.05, 4.69) is 35.0 Å². The van der Waals surface area contributed by atoms with E-state index in [4.69, 9.17) is 0 Å². The molecule has 1 aliphatic rings. The third-order valence-electron chi connectivity index (χ3n) is 4.27. The van der Waals surface area contributed by atoms with Crippen LogP contribution in [0.4, 0.5) is 5.69 Å². The predicted molar refractivity (Wildman–Crippen MR) is 82.9 cm³/mol. The number of rotatable bonds is 2. The largest absolute Gasteiger partial charge is 0.390 e. The first-order chi connectivity index (χ1) is 9.78. The summed E-state index contributed by atoms with van der Waals surface area (Å²) in [7, 11) is 0. The molecule has 1 unspecified atom stereocenters. The molecule has 1 fully saturated rings. The van der Waals surface area contributed by atoms with Gasteiger partial charge in [0.1, 0.15) is 0 Å². The topological polar surface area (TPSA) is 36.4 Å². The van der Waals surface area contributed by atoms with Crippen LogP contribution in [0.3, 0.4) is 0 Å². The Bertz CT molecular complexity index is 597. The highest BCUT2D eigenvalue weighted by Gasteiger charge is 2.17. The normalized spacial score (nSPS) is 20.1. The van der Waals surface area contributed by atoms with Crippen molar-refractivity contribution in [3.05, 3.63) is 36.0 Å². The van der Waals surface area contributed by atoms with E-state index in [1.54, 1.807) is 0 Å². The van der Waals surface area contributed by atoms with E-state index in [-0.39, 0.29) is 6.61 Å². The molecule has 0 radical (unpaired) electrons. The van der Waals surface area contributed by atoms with Gasteiger partial charge in [0.25, 0.3) is 0 Å². The molecule has 1 N–H and O–H groups in total. The molecule has 1 atom stereocenters. The lowest BCUT2D eigenvalue weighted by molar-refractivity contribution is 0.277. The molecule has 3 heteroatoms. The lowest BCUT2D eigenvalue weighted by Crippen LogP contribution is -2.24. The van der Waals surface area contributed by atoms with Crippen molar-refractivity contribution in [2.45, 2.75) is 32.8 Å². The Hall–Kier alpha value is -1.61. The molecule has 1 aromatic carbocycles. The fourth-order valence-corrected chi connectivity index (χ4v) is 3.06. The van der Waals surface area contributed by atoms with Crippen molar-refractivity contribution in [1.82, 2.24) is 4.98 Å². The number of benzene rings is 1. The molecule has 0 saturated carbocycles. The van der Waals surface area contributed by atoms with Crippen LogP contribution in [0.25, 0.3) is 10.9 Å². The maximum absolute atomic E-state index is 9.44. The predicted octanol–water partition coefficient (Wildman–Crippen LogP) is 3.35. The summed E-state index contributed by atoms with van der Waals surface area (Å²) in [5.41, 5.74) is 2.97. The second kappa shape index (κ2) is 5.80. The maximum Gasteiger partial charge on any atom is 0.0854 e. The van der Waals surface area contributed by atoms with Gasteiger partial charge in [-0.1, -0.05) is 25.1 Å². The minimum absolute atomic E-state index is 0.00206. The van der Waals surface area contributed by atoms with E-state index < -0.39 is 0 Å². The zero-order chi connectivity index (χ0) is 13.9. The molecule has 2 aromatic rings. The minimum Gasteiger partial charge on any atom is -0.390 e. The van der Waals surface area contributed by atoms with Gasteiger partial charge in [0, 0.05) is 24.2 Å². The zero-order valence-electron chi connectivity index (χ0n) is 12.0. The number of aliphatic hydroxyl groups is 1. The fraction of sp³-hybridized carbons (Fsp3) is 0.471. The standard InChI is InChI=1S/C17H22N2O/c1-13-5-4-9-19(10-8-13)17-11-14(12-20)18-16-7-3-2-6-15(16)17/h2-3,6-7,11,13,20H,4-5,8-10,12H2,1H3. The summed E-state index contributed by atoms with van der Waals surface area (Å²) < 4.78 is 0. The lowest BCUT2D eigenvalue weighted by atomic mass is 10.0. The summed E-state index contributed by atoms with van der Waals surface area (Å²) in [6.45, 7) is 4.54. The van der Waals surface area contributed by atoms with Gasteiger partial charge in [-0.05, 0) is 37.3 Å². The van der Waals surface area contributed by atoms with Crippen LogP contribution in [0, 0.1) is 5.92 Å². The summed E-state index contributed by atoms with van der Waals surface area (Å²) in [6, 6.07) is 10.3. The van der Waals surface area contributed by atoms with Gasteiger partial charge in [0.2, 0.25) is 0 Å². The summed E-state index contributed by atoms with van der Waals surface area (Å²) in [5, 5.41) is 10.6. The first-order valence-corrected chi connectivity index (χ1v) is 7.52. The van der Waals surface area contributed by atoms with Crippen LogP contribution in [0.2, 0.25) is 0 Å². The molecule has 1 aliphatic heterocycles. The Morgan fingerprint density at radius 1 is 1.25 bits per heavy atom. The number of aromatic nitrogens is 1. The Morgan fingerprint density at radius 2 is 2.10 bits per heavy atom. The number of hydrogen-bond donors (Lipinski definition) is 1. The van der Waals surface area contributed by atoms with Gasteiger partial charge in [-0.25, -0.2) is 0 Å². The van der Waals surface area contributed by atoms with E-state index in [0.29, 0.717) is 0 Å². The number of nitrogens with zero attached hydrogens (tertiary/aromatic N) is 2. The Morgan fingerprint density at radius 3 is 2.95 bits per heavy atom. The van der Waals surface area contributed by atoms with Crippen LogP contribution in [0.1, 0.15) is 31.9 Å². The molecule has 0 spiro atoms. The third-order valence-corrected chi connectivity index (χ3v) is 4.27. The zero-order valence-corrected chi connectivity index (χ0v) is 12.0. The highest BCUT2D eigenvalue weighted by atomic mass is 16.3. The minimum atomic E-state index is 0.00206. The van der Waals surface area contributed by atoms with Gasteiger partial charge in [0.05, 0.1) is 17.8 Å². The number of fused-ring (bicyclic) bond motifs is 1. The average molecular weight is 270 g/mol. The first kappa shape index (κ1) is 13.4. The summed E-state index contributed by atoms with van der Waals surface area (Å²) in [4.78, 5) is 6.98. The van der Waals surface area contributed by atoms with E-state index in [9.17, 15) is 5.11 Å². The molecule has 2 heterocycles. The average Bonchev–Trinajstić information content (AvgIpc) is 2.71. The highest BCUT2D eigenvalue weighted by Crippen LogP contribution is 2.29. The second-order valence-electron chi connectivity index (χ2n) is 5.83. The Kier molecular flexibility index (Phi) is 3.88. The number of aliphatic hydroxyl groups excluding tert-OH is 1. The van der Waals surface area contributed by atoms with Crippen molar-refractivity contribution >= 4 is 16.6 Å². The Balaban J connectivity index is 2.04. The van der Waals surface area contributed by atoms with E-state index in [0.717, 1.165) is 30.2 Å². The van der Waals surface area contributed by atoms with Gasteiger partial charge in [-0.15, -0.1) is 0 Å². The van der Waals surface area contributed by atoms with E-state index in [1.807, 2.05) is 12.1 Å². The second-order valence-corrected chi connectivity index (χ2v) is 5.83. The van der Waals surface area contributed by atoms with Gasteiger partial charge < -0.3 is 10.0 Å². The number of pyridine rings is 1. The summed E-state index contributed by atoms with van der Waals surface area (Å²) in [5.74, 6) is 0.811. The van der Waals surface area contributed by atoms with Crippen LogP contribution in [-0.4, -0.2) is 23.2 Å². The first-order valence-electron chi connectivity index (χ1n) is 7.52. The van der Waals surface area contributed by atoms with Crippen molar-refractivity contribution < 1.29 is 5.11 Å². The third kappa shape index (κ3) is 2.63. The van der Waals surface area contributed by atoms with Crippen molar-refractivity contribution in [3.63, 3.8) is 0 Å². The molecule has 0 bridgehead atoms. The fourth-order valence-electron chi connectivity index (χ4n) is 3.06. The van der Waals surface area contributed by atoms with Crippen molar-refractivity contribution in [1.29, 1.82) is 0 Å². The maximum atomic E-state index is 9.44. The molecule has 0 aliphatic carbocycles. The van der Waals surface area contributed by atoms with E-state index >= 15 is 0 Å². The van der Waals surface area contributed by atoms with Crippen molar-refractivity contribution in [2.75, 3.05) is 18.0 Å². The van der Waals surface area contributed by atoms with Gasteiger partial charge in [0.15, 0.2) is 0 Å². The van der Waals surface area contributed by atoms with Crippen LogP contribution in [-0.2, 0) is 6.61 Å². The van der Waals surface area contributed by atoms with Gasteiger partial charge in [-0.3, -0.25) is 4.98 Å². The molecular formula is C17H22N2O. The van der Waals surface area contributed by atoms with Gasteiger partial charge >= 0.3 is 0 Å². The van der Waals surface area contributed by atoms with Crippen LogP contribution < -0.4 is 4.90 Å². The number of hydrogen-bond acceptors (Lipinski definition) is 3. The summed E-state index contributed by atoms with van der Waals surface area (Å²) >= 11 is 0. The quantitative estimate of drug-likeness (QED) is 0.909. The lowest BCUT2D eigenvalue weighted by Gasteiger charge is -2.25. The Labute approximate surface area is 120 Å². The molecule has 1 aromatic heterocycles. The number of anilines is 1. The van der Waals surface area contributed by atoms with Crippen molar-refractivity contribution in [3.8, 4) is 0 Å². The van der Waals surface area contributed by atoms with Crippen LogP contribution in [0.15, 0.2) is 30.3 Å². The van der Waals surface area contributed by atoms with E-state index in [1.165, 1.54) is 30.3 Å². The highest BCUT2D eigenvalue weighted by molar-refractivity contribution is 5.92. The molecule has 106 valence electrons. The SMILES string of the molecule is CC1CCCN(c2cc(CO)nc3ccccc23)CC1. The molecule has 0 amide bonds. The summed E-state index contributed by atoms with van der Waals surface area (Å²) in [6.07, 6.45) is 3.80. The number of para-hydroxylation sites is 1. The van der Waals surface area contributed by atoms with Crippen LogP contribution >= 0.6 is 0 Å². The molecule has 1 saturated heterocycles. The smallest absolute Gasteiger partial charge is 0.0854 e. The molecule has 3 rings (SSSR count). The van der Waals surface area contributed by atoms with Gasteiger partial charge in [-0.2, -0.15) is 0 Å².